The average Bonchev–Trinajstić information content (AvgIpc) is 3.16. The molecule has 3 N–H and O–H groups in total. The Morgan fingerprint density at radius 2 is 1.76 bits per heavy atom. The molecule has 172 valence electrons. The van der Waals surface area contributed by atoms with Crippen LogP contribution in [0.3, 0.4) is 0 Å². The van der Waals surface area contributed by atoms with Crippen LogP contribution in [0.25, 0.3) is 5.69 Å². The molecule has 8 nitrogen and oxygen atoms in total. The fourth-order valence-electron chi connectivity index (χ4n) is 3.52. The molecule has 0 bridgehead atoms. The SMILES string of the molecule is Cc1c(Cc2ccc(F)cc2)c(C(=O)O)nn1-c1ccc(NC(=O)NCc2cccnc2)cc1. The van der Waals surface area contributed by atoms with Gasteiger partial charge < -0.3 is 15.7 Å². The first kappa shape index (κ1) is 22.7. The molecule has 4 aromatic rings. The van der Waals surface area contributed by atoms with Crippen molar-refractivity contribution in [2.75, 3.05) is 5.32 Å². The van der Waals surface area contributed by atoms with Crippen LogP contribution in [0.5, 0.6) is 0 Å². The third-order valence-electron chi connectivity index (χ3n) is 5.28. The molecule has 9 heteroatoms. The van der Waals surface area contributed by atoms with Crippen molar-refractivity contribution in [3.05, 3.63) is 107 Å². The molecule has 0 saturated carbocycles. The molecule has 2 aromatic carbocycles. The smallest absolute Gasteiger partial charge is 0.356 e. The molecule has 0 saturated heterocycles. The second-order valence-electron chi connectivity index (χ2n) is 7.65. The third-order valence-corrected chi connectivity index (χ3v) is 5.28. The number of urea groups is 1. The molecule has 34 heavy (non-hydrogen) atoms. The van der Waals surface area contributed by atoms with Crippen molar-refractivity contribution in [2.45, 2.75) is 19.9 Å². The summed E-state index contributed by atoms with van der Waals surface area (Å²) in [6.07, 6.45) is 3.65. The number of rotatable bonds is 7. The number of carbonyl (C=O) groups is 2. The van der Waals surface area contributed by atoms with Gasteiger partial charge in [-0.2, -0.15) is 5.10 Å². The second-order valence-corrected chi connectivity index (χ2v) is 7.65. The Labute approximate surface area is 195 Å². The summed E-state index contributed by atoms with van der Waals surface area (Å²) in [5.41, 5.74) is 4.04. The van der Waals surface area contributed by atoms with Gasteiger partial charge in [-0.3, -0.25) is 4.98 Å². The van der Waals surface area contributed by atoms with E-state index in [1.807, 2.05) is 6.07 Å². The molecule has 0 aliphatic carbocycles. The van der Waals surface area contributed by atoms with Crippen molar-refractivity contribution in [3.8, 4) is 5.69 Å². The number of benzene rings is 2. The van der Waals surface area contributed by atoms with Gasteiger partial charge in [-0.15, -0.1) is 0 Å². The summed E-state index contributed by atoms with van der Waals surface area (Å²) in [6, 6.07) is 16.1. The molecule has 2 heterocycles. The third kappa shape index (κ3) is 5.26. The second kappa shape index (κ2) is 9.95. The quantitative estimate of drug-likeness (QED) is 0.381. The van der Waals surface area contributed by atoms with Gasteiger partial charge in [0, 0.05) is 42.3 Å². The molecule has 4 rings (SSSR count). The van der Waals surface area contributed by atoms with Gasteiger partial charge in [0.05, 0.1) is 5.69 Å². The first-order valence-corrected chi connectivity index (χ1v) is 10.5. The zero-order valence-corrected chi connectivity index (χ0v) is 18.3. The van der Waals surface area contributed by atoms with E-state index in [9.17, 15) is 19.1 Å². The number of hydrogen-bond donors (Lipinski definition) is 3. The molecule has 2 aromatic heterocycles. The van der Waals surface area contributed by atoms with Gasteiger partial charge in [-0.05, 0) is 60.5 Å². The molecule has 0 atom stereocenters. The van der Waals surface area contributed by atoms with Crippen LogP contribution in [0.2, 0.25) is 0 Å². The number of anilines is 1. The lowest BCUT2D eigenvalue weighted by molar-refractivity contribution is 0.0689. The molecule has 0 aliphatic rings. The molecule has 0 spiro atoms. The van der Waals surface area contributed by atoms with Crippen LogP contribution in [0.15, 0.2) is 73.1 Å². The van der Waals surface area contributed by atoms with Crippen molar-refractivity contribution in [2.24, 2.45) is 0 Å². The van der Waals surface area contributed by atoms with Gasteiger partial charge in [0.15, 0.2) is 5.69 Å². The Morgan fingerprint density at radius 3 is 2.41 bits per heavy atom. The molecular weight excluding hydrogens is 437 g/mol. The number of pyridine rings is 1. The lowest BCUT2D eigenvalue weighted by atomic mass is 10.0. The lowest BCUT2D eigenvalue weighted by Crippen LogP contribution is -2.28. The van der Waals surface area contributed by atoms with E-state index in [2.05, 4.69) is 20.7 Å². The van der Waals surface area contributed by atoms with Gasteiger partial charge in [-0.25, -0.2) is 18.7 Å². The average molecular weight is 459 g/mol. The summed E-state index contributed by atoms with van der Waals surface area (Å²) in [7, 11) is 0. The zero-order valence-electron chi connectivity index (χ0n) is 18.3. The molecule has 0 radical (unpaired) electrons. The van der Waals surface area contributed by atoms with E-state index in [1.54, 1.807) is 66.5 Å². The largest absolute Gasteiger partial charge is 0.476 e. The number of halogens is 1. The van der Waals surface area contributed by atoms with Crippen molar-refractivity contribution in [1.29, 1.82) is 0 Å². The van der Waals surface area contributed by atoms with E-state index >= 15 is 0 Å². The minimum absolute atomic E-state index is 0.0567. The summed E-state index contributed by atoms with van der Waals surface area (Å²) in [5.74, 6) is -1.49. The van der Waals surface area contributed by atoms with Crippen molar-refractivity contribution in [3.63, 3.8) is 0 Å². The van der Waals surface area contributed by atoms with Crippen molar-refractivity contribution in [1.82, 2.24) is 20.1 Å². The van der Waals surface area contributed by atoms with E-state index in [0.717, 1.165) is 11.1 Å². The summed E-state index contributed by atoms with van der Waals surface area (Å²) in [6.45, 7) is 2.13. The highest BCUT2D eigenvalue weighted by atomic mass is 19.1. The van der Waals surface area contributed by atoms with Gasteiger partial charge in [-0.1, -0.05) is 18.2 Å². The summed E-state index contributed by atoms with van der Waals surface area (Å²) in [5, 5.41) is 19.4. The molecule has 0 aliphatic heterocycles. The number of nitrogens with one attached hydrogen (secondary N) is 2. The predicted molar refractivity (Wildman–Crippen MR) is 125 cm³/mol. The van der Waals surface area contributed by atoms with Crippen molar-refractivity contribution >= 4 is 17.7 Å². The van der Waals surface area contributed by atoms with E-state index < -0.39 is 5.97 Å². The van der Waals surface area contributed by atoms with Crippen molar-refractivity contribution < 1.29 is 19.1 Å². The zero-order chi connectivity index (χ0) is 24.1. The highest BCUT2D eigenvalue weighted by molar-refractivity contribution is 5.89. The van der Waals surface area contributed by atoms with E-state index in [0.29, 0.717) is 35.6 Å². The number of aromatic nitrogens is 3. The molecule has 0 fully saturated rings. The number of hydrogen-bond acceptors (Lipinski definition) is 4. The minimum Gasteiger partial charge on any atom is -0.476 e. The van der Waals surface area contributed by atoms with E-state index in [4.69, 9.17) is 0 Å². The molecular formula is C25H22FN5O3. The summed E-state index contributed by atoms with van der Waals surface area (Å²) in [4.78, 5) is 28.0. The Morgan fingerprint density at radius 1 is 1.03 bits per heavy atom. The Balaban J connectivity index is 1.49. The number of amides is 2. The maximum atomic E-state index is 13.2. The van der Waals surface area contributed by atoms with Gasteiger partial charge >= 0.3 is 12.0 Å². The maximum Gasteiger partial charge on any atom is 0.356 e. The van der Waals surface area contributed by atoms with E-state index in [1.165, 1.54) is 12.1 Å². The Bertz CT molecular complexity index is 1300. The van der Waals surface area contributed by atoms with Crippen LogP contribution in [-0.2, 0) is 13.0 Å². The first-order chi connectivity index (χ1) is 16.4. The summed E-state index contributed by atoms with van der Waals surface area (Å²) < 4.78 is 14.8. The van der Waals surface area contributed by atoms with Crippen LogP contribution in [0.4, 0.5) is 14.9 Å². The number of nitrogens with zero attached hydrogens (tertiary/aromatic N) is 3. The number of carboxylic acid groups (broad SMARTS) is 1. The van der Waals surface area contributed by atoms with Crippen LogP contribution in [-0.4, -0.2) is 31.9 Å². The van der Waals surface area contributed by atoms with Crippen LogP contribution >= 0.6 is 0 Å². The van der Waals surface area contributed by atoms with Gasteiger partial charge in [0.1, 0.15) is 5.82 Å². The number of carbonyl (C=O) groups excluding carboxylic acids is 1. The monoisotopic (exact) mass is 459 g/mol. The fourth-order valence-corrected chi connectivity index (χ4v) is 3.52. The lowest BCUT2D eigenvalue weighted by Gasteiger charge is -2.09. The van der Waals surface area contributed by atoms with Gasteiger partial charge in [0.2, 0.25) is 0 Å². The maximum absolute atomic E-state index is 13.2. The molecule has 0 unspecified atom stereocenters. The highest BCUT2D eigenvalue weighted by Crippen LogP contribution is 2.23. The number of aromatic carboxylic acids is 1. The van der Waals surface area contributed by atoms with Gasteiger partial charge in [0.25, 0.3) is 0 Å². The van der Waals surface area contributed by atoms with E-state index in [-0.39, 0.29) is 17.5 Å². The Kier molecular flexibility index (Phi) is 6.63. The normalized spacial score (nSPS) is 10.6. The first-order valence-electron chi connectivity index (χ1n) is 10.5. The van der Waals surface area contributed by atoms with Crippen LogP contribution in [0.1, 0.15) is 32.9 Å². The summed E-state index contributed by atoms with van der Waals surface area (Å²) >= 11 is 0. The topological polar surface area (TPSA) is 109 Å². The highest BCUT2D eigenvalue weighted by Gasteiger charge is 2.21. The predicted octanol–water partition coefficient (Wildman–Crippen LogP) is 4.33. The van der Waals surface area contributed by atoms with Crippen LogP contribution in [0, 0.1) is 12.7 Å². The standard InChI is InChI=1S/C25H22FN5O3/c1-16-22(13-17-4-6-19(26)7-5-17)23(24(32)33)30-31(16)21-10-8-20(9-11-21)29-25(34)28-15-18-3-2-12-27-14-18/h2-12,14H,13,15H2,1H3,(H,32,33)(H2,28,29,34). The fraction of sp³-hybridized carbons (Fsp3) is 0.120. The van der Waals surface area contributed by atoms with Crippen LogP contribution < -0.4 is 10.6 Å². The molecule has 2 amide bonds. The minimum atomic E-state index is -1.14. The Hall–Kier alpha value is -4.53. The number of carboxylic acids is 1.